The summed E-state index contributed by atoms with van der Waals surface area (Å²) in [5.41, 5.74) is 0. The molecule has 0 spiro atoms. The lowest BCUT2D eigenvalue weighted by Gasteiger charge is -2.34. The van der Waals surface area contributed by atoms with E-state index in [1.807, 2.05) is 0 Å². The van der Waals surface area contributed by atoms with E-state index in [1.54, 1.807) is 7.05 Å². The molecule has 2 heterocycles. The fraction of sp³-hybridized carbons (Fsp3) is 0.909. The molecule has 2 aliphatic rings. The summed E-state index contributed by atoms with van der Waals surface area (Å²) in [4.78, 5) is 14.1. The predicted octanol–water partition coefficient (Wildman–Crippen LogP) is -0.0512. The zero-order valence-corrected chi connectivity index (χ0v) is 9.46. The molecule has 2 fully saturated rings. The van der Waals surface area contributed by atoms with E-state index in [-0.39, 0.29) is 11.9 Å². The summed E-state index contributed by atoms with van der Waals surface area (Å²) in [5.74, 6) is 0.200. The van der Waals surface area contributed by atoms with E-state index in [0.717, 1.165) is 26.1 Å². The number of carbonyl (C=O) groups excluding carboxylic acids is 1. The second-order valence-electron chi connectivity index (χ2n) is 4.49. The minimum Gasteiger partial charge on any atom is -0.358 e. The summed E-state index contributed by atoms with van der Waals surface area (Å²) in [6.07, 6.45) is 4.58. The summed E-state index contributed by atoms with van der Waals surface area (Å²) in [7, 11) is 1.74. The van der Waals surface area contributed by atoms with Crippen LogP contribution in [-0.4, -0.2) is 49.6 Å². The van der Waals surface area contributed by atoms with E-state index < -0.39 is 0 Å². The van der Waals surface area contributed by atoms with E-state index in [2.05, 4.69) is 15.5 Å². The Morgan fingerprint density at radius 2 is 2.07 bits per heavy atom. The van der Waals surface area contributed by atoms with Crippen molar-refractivity contribution in [2.45, 2.75) is 37.8 Å². The molecular formula is C11H21N3O. The van der Waals surface area contributed by atoms with Gasteiger partial charge in [-0.2, -0.15) is 0 Å². The highest BCUT2D eigenvalue weighted by Crippen LogP contribution is 2.24. The summed E-state index contributed by atoms with van der Waals surface area (Å²) >= 11 is 0. The molecule has 4 heteroatoms. The van der Waals surface area contributed by atoms with Crippen LogP contribution in [0.4, 0.5) is 0 Å². The van der Waals surface area contributed by atoms with E-state index in [1.165, 1.54) is 19.3 Å². The van der Waals surface area contributed by atoms with Crippen molar-refractivity contribution in [3.63, 3.8) is 0 Å². The lowest BCUT2D eigenvalue weighted by atomic mass is 10.0. The smallest absolute Gasteiger partial charge is 0.237 e. The first-order valence-electron chi connectivity index (χ1n) is 6.01. The Morgan fingerprint density at radius 3 is 2.73 bits per heavy atom. The molecule has 0 saturated carbocycles. The second kappa shape index (κ2) is 4.94. The molecule has 0 aromatic rings. The van der Waals surface area contributed by atoms with Crippen molar-refractivity contribution in [3.05, 3.63) is 0 Å². The number of nitrogens with one attached hydrogen (secondary N) is 2. The van der Waals surface area contributed by atoms with Gasteiger partial charge in [-0.3, -0.25) is 9.69 Å². The molecule has 2 rings (SSSR count). The molecule has 0 unspecified atom stereocenters. The van der Waals surface area contributed by atoms with Gasteiger partial charge in [-0.1, -0.05) is 0 Å². The quantitative estimate of drug-likeness (QED) is 0.673. The number of nitrogens with zero attached hydrogens (tertiary/aromatic N) is 1. The Labute approximate surface area is 91.4 Å². The normalized spacial score (nSPS) is 29.3. The number of hydrogen-bond acceptors (Lipinski definition) is 3. The van der Waals surface area contributed by atoms with Crippen LogP contribution in [0, 0.1) is 0 Å². The van der Waals surface area contributed by atoms with Crippen LogP contribution in [0.15, 0.2) is 0 Å². The molecule has 0 aromatic carbocycles. The first-order chi connectivity index (χ1) is 7.33. The molecule has 2 N–H and O–H groups in total. The fourth-order valence-corrected chi connectivity index (χ4v) is 2.81. The third-order valence-electron chi connectivity index (χ3n) is 3.62. The molecule has 1 amide bonds. The number of piperidine rings is 1. The van der Waals surface area contributed by atoms with Gasteiger partial charge in [-0.15, -0.1) is 0 Å². The van der Waals surface area contributed by atoms with Gasteiger partial charge in [0.05, 0.1) is 6.04 Å². The van der Waals surface area contributed by atoms with Crippen molar-refractivity contribution in [1.82, 2.24) is 15.5 Å². The molecule has 2 aliphatic heterocycles. The fourth-order valence-electron chi connectivity index (χ4n) is 2.81. The second-order valence-corrected chi connectivity index (χ2v) is 4.49. The lowest BCUT2D eigenvalue weighted by molar-refractivity contribution is -0.125. The van der Waals surface area contributed by atoms with Gasteiger partial charge < -0.3 is 10.6 Å². The van der Waals surface area contributed by atoms with Crippen LogP contribution in [0.25, 0.3) is 0 Å². The average molecular weight is 211 g/mol. The molecule has 4 nitrogen and oxygen atoms in total. The van der Waals surface area contributed by atoms with Crippen molar-refractivity contribution in [2.75, 3.05) is 26.7 Å². The Morgan fingerprint density at radius 1 is 1.33 bits per heavy atom. The SMILES string of the molecule is CNC(=O)[C@@H]1CCCN1C1CCNCC1. The third-order valence-corrected chi connectivity index (χ3v) is 3.62. The van der Waals surface area contributed by atoms with Crippen molar-refractivity contribution in [3.8, 4) is 0 Å². The van der Waals surface area contributed by atoms with Gasteiger partial charge in [-0.05, 0) is 45.3 Å². The Bertz CT molecular complexity index is 226. The number of likely N-dealkylation sites (N-methyl/N-ethyl adjacent to an activating group) is 1. The van der Waals surface area contributed by atoms with Crippen molar-refractivity contribution in [2.24, 2.45) is 0 Å². The molecule has 0 aromatic heterocycles. The molecule has 0 bridgehead atoms. The van der Waals surface area contributed by atoms with Crippen LogP contribution in [0.1, 0.15) is 25.7 Å². The van der Waals surface area contributed by atoms with Gasteiger partial charge in [0.15, 0.2) is 0 Å². The molecule has 2 saturated heterocycles. The highest BCUT2D eigenvalue weighted by molar-refractivity contribution is 5.81. The first-order valence-corrected chi connectivity index (χ1v) is 6.01. The predicted molar refractivity (Wildman–Crippen MR) is 59.7 cm³/mol. The average Bonchev–Trinajstić information content (AvgIpc) is 2.78. The molecule has 86 valence electrons. The molecule has 0 aliphatic carbocycles. The number of rotatable bonds is 2. The van der Waals surface area contributed by atoms with Gasteiger partial charge in [0, 0.05) is 13.1 Å². The number of hydrogen-bond donors (Lipinski definition) is 2. The van der Waals surface area contributed by atoms with Crippen LogP contribution >= 0.6 is 0 Å². The van der Waals surface area contributed by atoms with Crippen LogP contribution < -0.4 is 10.6 Å². The van der Waals surface area contributed by atoms with Crippen LogP contribution in [-0.2, 0) is 4.79 Å². The molecule has 15 heavy (non-hydrogen) atoms. The van der Waals surface area contributed by atoms with Gasteiger partial charge in [0.1, 0.15) is 0 Å². The Kier molecular flexibility index (Phi) is 3.59. The van der Waals surface area contributed by atoms with Crippen molar-refractivity contribution < 1.29 is 4.79 Å². The van der Waals surface area contributed by atoms with Crippen molar-refractivity contribution >= 4 is 5.91 Å². The number of likely N-dealkylation sites (tertiary alicyclic amines) is 1. The zero-order chi connectivity index (χ0) is 10.7. The Balaban J connectivity index is 1.97. The van der Waals surface area contributed by atoms with E-state index in [4.69, 9.17) is 0 Å². The van der Waals surface area contributed by atoms with Crippen LogP contribution in [0.3, 0.4) is 0 Å². The van der Waals surface area contributed by atoms with Gasteiger partial charge >= 0.3 is 0 Å². The maximum Gasteiger partial charge on any atom is 0.237 e. The minimum atomic E-state index is 0.137. The van der Waals surface area contributed by atoms with E-state index >= 15 is 0 Å². The zero-order valence-electron chi connectivity index (χ0n) is 9.46. The number of carbonyl (C=O) groups is 1. The maximum atomic E-state index is 11.7. The van der Waals surface area contributed by atoms with Crippen LogP contribution in [0.2, 0.25) is 0 Å². The lowest BCUT2D eigenvalue weighted by Crippen LogP contribution is -2.50. The van der Waals surface area contributed by atoms with E-state index in [9.17, 15) is 4.79 Å². The van der Waals surface area contributed by atoms with Crippen molar-refractivity contribution in [1.29, 1.82) is 0 Å². The maximum absolute atomic E-state index is 11.7. The largest absolute Gasteiger partial charge is 0.358 e. The summed E-state index contributed by atoms with van der Waals surface area (Å²) in [6, 6.07) is 0.758. The molecule has 1 atom stereocenters. The van der Waals surface area contributed by atoms with Gasteiger partial charge in [0.2, 0.25) is 5.91 Å². The monoisotopic (exact) mass is 211 g/mol. The summed E-state index contributed by atoms with van der Waals surface area (Å²) in [6.45, 7) is 3.30. The minimum absolute atomic E-state index is 0.137. The molecule has 0 radical (unpaired) electrons. The van der Waals surface area contributed by atoms with Gasteiger partial charge in [0.25, 0.3) is 0 Å². The molecular weight excluding hydrogens is 190 g/mol. The first kappa shape index (κ1) is 10.9. The topological polar surface area (TPSA) is 44.4 Å². The van der Waals surface area contributed by atoms with E-state index in [0.29, 0.717) is 6.04 Å². The summed E-state index contributed by atoms with van der Waals surface area (Å²) < 4.78 is 0. The number of amides is 1. The van der Waals surface area contributed by atoms with Gasteiger partial charge in [-0.25, -0.2) is 0 Å². The third kappa shape index (κ3) is 2.32. The highest BCUT2D eigenvalue weighted by Gasteiger charge is 2.34. The highest BCUT2D eigenvalue weighted by atomic mass is 16.2. The standard InChI is InChI=1S/C11H21N3O/c1-12-11(15)10-3-2-8-14(10)9-4-6-13-7-5-9/h9-10,13H,2-8H2,1H3,(H,12,15)/t10-/m0/s1. The van der Waals surface area contributed by atoms with Crippen LogP contribution in [0.5, 0.6) is 0 Å². The Hall–Kier alpha value is -0.610. The summed E-state index contributed by atoms with van der Waals surface area (Å²) in [5, 5.41) is 6.15.